The van der Waals surface area contributed by atoms with Crippen molar-refractivity contribution in [2.75, 3.05) is 5.75 Å². The van der Waals surface area contributed by atoms with Crippen LogP contribution in [0.5, 0.6) is 0 Å². The lowest BCUT2D eigenvalue weighted by Crippen LogP contribution is -2.40. The summed E-state index contributed by atoms with van der Waals surface area (Å²) in [4.78, 5) is 22.2. The average Bonchev–Trinajstić information content (AvgIpc) is 2.11. The van der Waals surface area contributed by atoms with Gasteiger partial charge in [-0.05, 0) is 6.92 Å². The fraction of sp³-hybridized carbons (Fsp3) is 0.400. The minimum atomic E-state index is -0.713. The zero-order valence-corrected chi connectivity index (χ0v) is 6.06. The maximum absolute atomic E-state index is 10.8. The van der Waals surface area contributed by atoms with Crippen LogP contribution >= 0.6 is 11.8 Å². The third kappa shape index (κ3) is 1.09. The summed E-state index contributed by atoms with van der Waals surface area (Å²) in [6.45, 7) is 3.57. The summed E-state index contributed by atoms with van der Waals surface area (Å²) in [7, 11) is 0. The van der Waals surface area contributed by atoms with E-state index in [2.05, 4.69) is 6.92 Å². The summed E-state index contributed by atoms with van der Waals surface area (Å²) in [5.74, 6) is 0.543. The Morgan fingerprint density at radius 1 is 1.90 bits per heavy atom. The lowest BCUT2D eigenvalue weighted by atomic mass is 10.4. The number of amides is 3. The van der Waals surface area contributed by atoms with E-state index in [0.29, 0.717) is 5.75 Å². The van der Waals surface area contributed by atoms with Crippen molar-refractivity contribution in [2.24, 2.45) is 5.73 Å². The zero-order chi connectivity index (χ0) is 7.72. The molecule has 0 unspecified atom stereocenters. The third-order valence-corrected chi connectivity index (χ3v) is 2.19. The molecule has 0 aromatic rings. The number of rotatable bonds is 0. The van der Waals surface area contributed by atoms with Gasteiger partial charge in [0.2, 0.25) is 0 Å². The number of hydrogen-bond acceptors (Lipinski definition) is 3. The second kappa shape index (κ2) is 2.49. The molecule has 0 bridgehead atoms. The van der Waals surface area contributed by atoms with Gasteiger partial charge in [-0.3, -0.25) is 9.69 Å². The van der Waals surface area contributed by atoms with E-state index in [0.717, 1.165) is 16.7 Å². The maximum Gasteiger partial charge on any atom is 0.322 e. The third-order valence-electron chi connectivity index (χ3n) is 1.20. The van der Waals surface area contributed by atoms with Gasteiger partial charge in [-0.15, -0.1) is 0 Å². The molecule has 0 spiro atoms. The van der Waals surface area contributed by atoms with Crippen molar-refractivity contribution in [3.05, 3.63) is 6.92 Å². The first kappa shape index (κ1) is 7.40. The molecule has 1 fully saturated rings. The zero-order valence-electron chi connectivity index (χ0n) is 5.24. The van der Waals surface area contributed by atoms with Gasteiger partial charge in [0.1, 0.15) is 0 Å². The minimum Gasteiger partial charge on any atom is -0.351 e. The summed E-state index contributed by atoms with van der Waals surface area (Å²) >= 11 is 1.07. The molecule has 0 saturated carbocycles. The Morgan fingerprint density at radius 3 is 2.70 bits per heavy atom. The predicted octanol–water partition coefficient (Wildman–Crippen LogP) is 0.437. The highest BCUT2D eigenvalue weighted by molar-refractivity contribution is 8.14. The monoisotopic (exact) mass is 159 g/mol. The molecule has 1 rings (SSSR count). The van der Waals surface area contributed by atoms with Gasteiger partial charge in [-0.1, -0.05) is 11.8 Å². The smallest absolute Gasteiger partial charge is 0.322 e. The first-order chi connectivity index (χ1) is 4.63. The number of nitrogens with zero attached hydrogens (tertiary/aromatic N) is 1. The Hall–Kier alpha value is -0.710. The summed E-state index contributed by atoms with van der Waals surface area (Å²) < 4.78 is 0. The number of carbonyl (C=O) groups is 2. The number of hydrogen-bond donors (Lipinski definition) is 1. The maximum atomic E-state index is 10.8. The van der Waals surface area contributed by atoms with E-state index in [4.69, 9.17) is 5.73 Å². The van der Waals surface area contributed by atoms with E-state index in [9.17, 15) is 9.59 Å². The van der Waals surface area contributed by atoms with Gasteiger partial charge in [-0.2, -0.15) is 0 Å². The topological polar surface area (TPSA) is 63.4 Å². The Morgan fingerprint density at radius 2 is 2.50 bits per heavy atom. The molecular weight excluding hydrogens is 152 g/mol. The molecular formula is C5H7N2O2S. The van der Waals surface area contributed by atoms with Gasteiger partial charge in [0.05, 0.1) is 6.04 Å². The first-order valence-electron chi connectivity index (χ1n) is 2.71. The van der Waals surface area contributed by atoms with Gasteiger partial charge < -0.3 is 5.73 Å². The van der Waals surface area contributed by atoms with Gasteiger partial charge >= 0.3 is 6.03 Å². The van der Waals surface area contributed by atoms with Crippen LogP contribution in [0.15, 0.2) is 0 Å². The minimum absolute atomic E-state index is 0.296. The molecule has 3 amide bonds. The summed E-state index contributed by atoms with van der Waals surface area (Å²) in [6.07, 6.45) is 0. The highest BCUT2D eigenvalue weighted by atomic mass is 32.2. The number of carbonyl (C=O) groups excluding carboxylic acids is 2. The second-order valence-corrected chi connectivity index (χ2v) is 2.91. The highest BCUT2D eigenvalue weighted by Gasteiger charge is 2.32. The van der Waals surface area contributed by atoms with Crippen molar-refractivity contribution in [3.8, 4) is 0 Å². The molecule has 4 nitrogen and oxygen atoms in total. The van der Waals surface area contributed by atoms with E-state index < -0.39 is 6.03 Å². The van der Waals surface area contributed by atoms with E-state index in [1.54, 1.807) is 0 Å². The van der Waals surface area contributed by atoms with Crippen molar-refractivity contribution in [3.63, 3.8) is 0 Å². The van der Waals surface area contributed by atoms with Gasteiger partial charge in [0.15, 0.2) is 0 Å². The Bertz CT molecular complexity index is 182. The van der Waals surface area contributed by atoms with Crippen LogP contribution in [-0.4, -0.2) is 28.0 Å². The van der Waals surface area contributed by atoms with Crippen LogP contribution in [-0.2, 0) is 0 Å². The number of primary amides is 1. The molecule has 0 aliphatic carbocycles. The molecule has 0 aromatic carbocycles. The van der Waals surface area contributed by atoms with Crippen LogP contribution in [0.2, 0.25) is 0 Å². The Kier molecular flexibility index (Phi) is 1.85. The molecule has 1 saturated heterocycles. The quantitative estimate of drug-likeness (QED) is 0.557. The molecule has 1 heterocycles. The standard InChI is InChI=1S/C5H7N2O2S/c1-3-2-10-5(9)7(3)4(6)8/h3H,1-2H2,(H2,6,8)/t3-/m0/s1. The van der Waals surface area contributed by atoms with Crippen LogP contribution < -0.4 is 5.73 Å². The fourth-order valence-corrected chi connectivity index (χ4v) is 1.59. The van der Waals surface area contributed by atoms with Gasteiger partial charge in [-0.25, -0.2) is 4.79 Å². The van der Waals surface area contributed by atoms with E-state index in [-0.39, 0.29) is 11.3 Å². The molecule has 1 aliphatic heterocycles. The first-order valence-corrected chi connectivity index (χ1v) is 3.70. The van der Waals surface area contributed by atoms with Crippen molar-refractivity contribution in [2.45, 2.75) is 6.04 Å². The SMILES string of the molecule is [CH2][C@H]1CSC(=O)N1C(N)=O. The van der Waals surface area contributed by atoms with E-state index in [1.807, 2.05) is 0 Å². The van der Waals surface area contributed by atoms with Crippen molar-refractivity contribution in [1.82, 2.24) is 4.90 Å². The highest BCUT2D eigenvalue weighted by Crippen LogP contribution is 2.22. The number of imide groups is 1. The lowest BCUT2D eigenvalue weighted by molar-refractivity contribution is 0.203. The fourth-order valence-electron chi connectivity index (χ4n) is 0.731. The van der Waals surface area contributed by atoms with Crippen molar-refractivity contribution >= 4 is 23.0 Å². The molecule has 1 atom stereocenters. The number of urea groups is 1. The van der Waals surface area contributed by atoms with E-state index >= 15 is 0 Å². The van der Waals surface area contributed by atoms with Gasteiger partial charge in [0, 0.05) is 5.75 Å². The molecule has 0 aromatic heterocycles. The average molecular weight is 159 g/mol. The van der Waals surface area contributed by atoms with Crippen molar-refractivity contribution in [1.29, 1.82) is 0 Å². The normalized spacial score (nSPS) is 25.5. The van der Waals surface area contributed by atoms with Crippen LogP contribution in [0.4, 0.5) is 9.59 Å². The predicted molar refractivity (Wildman–Crippen MR) is 38.4 cm³/mol. The molecule has 2 N–H and O–H groups in total. The molecule has 5 heteroatoms. The van der Waals surface area contributed by atoms with Crippen LogP contribution in [0.3, 0.4) is 0 Å². The molecule has 1 aliphatic rings. The summed E-state index contributed by atoms with van der Waals surface area (Å²) in [5, 5.41) is -0.299. The van der Waals surface area contributed by atoms with Crippen LogP contribution in [0.1, 0.15) is 0 Å². The lowest BCUT2D eigenvalue weighted by Gasteiger charge is -2.13. The number of thioether (sulfide) groups is 1. The largest absolute Gasteiger partial charge is 0.351 e. The second-order valence-electron chi connectivity index (χ2n) is 1.94. The molecule has 55 valence electrons. The van der Waals surface area contributed by atoms with Crippen LogP contribution in [0.25, 0.3) is 0 Å². The molecule has 10 heavy (non-hydrogen) atoms. The Labute approximate surface area is 62.7 Å². The van der Waals surface area contributed by atoms with E-state index in [1.165, 1.54) is 0 Å². The van der Waals surface area contributed by atoms with Gasteiger partial charge in [0.25, 0.3) is 5.24 Å². The summed E-state index contributed by atoms with van der Waals surface area (Å²) in [5.41, 5.74) is 4.89. The van der Waals surface area contributed by atoms with Crippen molar-refractivity contribution < 1.29 is 9.59 Å². The van der Waals surface area contributed by atoms with Crippen LogP contribution in [0, 0.1) is 6.92 Å². The number of nitrogens with two attached hydrogens (primary N) is 1. The molecule has 1 radical (unpaired) electrons. The summed E-state index contributed by atoms with van der Waals surface area (Å²) in [6, 6.07) is -1.01. The Balaban J connectivity index is 2.72.